The number of benzene rings is 2. The van der Waals surface area contributed by atoms with Gasteiger partial charge in [-0.2, -0.15) is 0 Å². The first kappa shape index (κ1) is 17.3. The summed E-state index contributed by atoms with van der Waals surface area (Å²) in [6.07, 6.45) is 1.19. The van der Waals surface area contributed by atoms with Crippen LogP contribution in [0.25, 0.3) is 0 Å². The lowest BCUT2D eigenvalue weighted by molar-refractivity contribution is 0.598. The highest BCUT2D eigenvalue weighted by Gasteiger charge is 2.14. The van der Waals surface area contributed by atoms with Gasteiger partial charge < -0.3 is 4.90 Å². The van der Waals surface area contributed by atoms with Crippen molar-refractivity contribution in [2.24, 2.45) is 0 Å². The number of nitrogens with one attached hydrogen (secondary N) is 1. The fraction of sp³-hybridized carbons (Fsp3) is 0.294. The van der Waals surface area contributed by atoms with E-state index in [4.69, 9.17) is 0 Å². The van der Waals surface area contributed by atoms with Crippen LogP contribution in [0, 0.1) is 5.82 Å². The van der Waals surface area contributed by atoms with Gasteiger partial charge in [0.25, 0.3) is 0 Å². The first-order chi connectivity index (χ1) is 10.9. The van der Waals surface area contributed by atoms with Gasteiger partial charge in [0, 0.05) is 20.2 Å². The lowest BCUT2D eigenvalue weighted by Crippen LogP contribution is -2.20. The number of hydrogen-bond donors (Lipinski definition) is 1. The van der Waals surface area contributed by atoms with Crippen LogP contribution < -0.4 is 9.62 Å². The molecule has 0 unspecified atom stereocenters. The maximum absolute atomic E-state index is 13.4. The molecular weight excluding hydrogens is 315 g/mol. The average Bonchev–Trinajstić information content (AvgIpc) is 2.47. The van der Waals surface area contributed by atoms with Gasteiger partial charge in [0.15, 0.2) is 0 Å². The minimum absolute atomic E-state index is 0.00865. The first-order valence-electron chi connectivity index (χ1n) is 7.39. The van der Waals surface area contributed by atoms with E-state index in [0.717, 1.165) is 5.56 Å². The van der Waals surface area contributed by atoms with Gasteiger partial charge >= 0.3 is 0 Å². The molecule has 1 N–H and O–H groups in total. The predicted molar refractivity (Wildman–Crippen MR) is 92.9 cm³/mol. The first-order valence-corrected chi connectivity index (χ1v) is 9.04. The van der Waals surface area contributed by atoms with E-state index in [2.05, 4.69) is 4.72 Å². The van der Waals surface area contributed by atoms with Crippen LogP contribution in [0.1, 0.15) is 12.0 Å². The second kappa shape index (κ2) is 7.46. The molecule has 0 aliphatic heterocycles. The summed E-state index contributed by atoms with van der Waals surface area (Å²) >= 11 is 0. The molecule has 4 nitrogen and oxygen atoms in total. The number of halogens is 1. The van der Waals surface area contributed by atoms with Gasteiger partial charge in [-0.3, -0.25) is 4.72 Å². The Morgan fingerprint density at radius 1 is 1.09 bits per heavy atom. The minimum Gasteiger partial charge on any atom is -0.376 e. The molecule has 0 aliphatic carbocycles. The van der Waals surface area contributed by atoms with Crippen molar-refractivity contribution in [2.45, 2.75) is 12.8 Å². The van der Waals surface area contributed by atoms with Gasteiger partial charge in [0.05, 0.1) is 17.1 Å². The van der Waals surface area contributed by atoms with Crippen LogP contribution in [0.5, 0.6) is 0 Å². The van der Waals surface area contributed by atoms with Gasteiger partial charge in [0.1, 0.15) is 5.82 Å². The number of sulfonamides is 1. The fourth-order valence-corrected chi connectivity index (χ4v) is 3.43. The Bertz CT molecular complexity index is 746. The normalized spacial score (nSPS) is 11.3. The molecule has 0 spiro atoms. The predicted octanol–water partition coefficient (Wildman–Crippen LogP) is 3.27. The van der Waals surface area contributed by atoms with Gasteiger partial charge in [0.2, 0.25) is 10.0 Å². The standard InChI is InChI=1S/C17H21FN2O2S/c1-20(2)17-11-10-15(18)13-16(17)19-23(21,22)12-6-9-14-7-4-3-5-8-14/h3-5,7-8,10-11,13,19H,6,9,12H2,1-2H3. The van der Waals surface area contributed by atoms with Gasteiger partial charge in [-0.25, -0.2) is 12.8 Å². The zero-order valence-electron chi connectivity index (χ0n) is 13.3. The smallest absolute Gasteiger partial charge is 0.232 e. The highest BCUT2D eigenvalue weighted by atomic mass is 32.2. The Morgan fingerprint density at radius 2 is 1.78 bits per heavy atom. The summed E-state index contributed by atoms with van der Waals surface area (Å²) in [5.74, 6) is -0.483. The Labute approximate surface area is 137 Å². The summed E-state index contributed by atoms with van der Waals surface area (Å²) in [6, 6.07) is 13.8. The van der Waals surface area contributed by atoms with Crippen LogP contribution in [-0.4, -0.2) is 28.3 Å². The number of rotatable bonds is 7. The van der Waals surface area contributed by atoms with Crippen LogP contribution in [0.4, 0.5) is 15.8 Å². The SMILES string of the molecule is CN(C)c1ccc(F)cc1NS(=O)(=O)CCCc1ccccc1. The molecule has 0 amide bonds. The van der Waals surface area contributed by atoms with E-state index in [1.165, 1.54) is 12.1 Å². The van der Waals surface area contributed by atoms with Crippen molar-refractivity contribution >= 4 is 21.4 Å². The summed E-state index contributed by atoms with van der Waals surface area (Å²) in [4.78, 5) is 1.74. The Balaban J connectivity index is 2.02. The second-order valence-electron chi connectivity index (χ2n) is 5.57. The third-order valence-electron chi connectivity index (χ3n) is 3.43. The third-order valence-corrected chi connectivity index (χ3v) is 4.78. The summed E-state index contributed by atoms with van der Waals surface area (Å²) in [7, 11) is 0.0355. The molecule has 0 heterocycles. The van der Waals surface area contributed by atoms with E-state index < -0.39 is 15.8 Å². The lowest BCUT2D eigenvalue weighted by atomic mass is 10.1. The van der Waals surface area contributed by atoms with Crippen LogP contribution >= 0.6 is 0 Å². The molecule has 6 heteroatoms. The maximum Gasteiger partial charge on any atom is 0.232 e. The van der Waals surface area contributed by atoms with E-state index in [9.17, 15) is 12.8 Å². The van der Waals surface area contributed by atoms with Crippen molar-refractivity contribution in [1.29, 1.82) is 0 Å². The molecular formula is C17H21FN2O2S. The molecule has 0 saturated carbocycles. The zero-order chi connectivity index (χ0) is 16.9. The Hall–Kier alpha value is -2.08. The molecule has 0 saturated heterocycles. The van der Waals surface area contributed by atoms with Crippen molar-refractivity contribution in [3.8, 4) is 0 Å². The number of nitrogens with zero attached hydrogens (tertiary/aromatic N) is 1. The summed E-state index contributed by atoms with van der Waals surface area (Å²) in [5.41, 5.74) is 1.98. The molecule has 0 aliphatic rings. The van der Waals surface area contributed by atoms with Crippen molar-refractivity contribution in [1.82, 2.24) is 0 Å². The largest absolute Gasteiger partial charge is 0.376 e. The topological polar surface area (TPSA) is 49.4 Å². The molecule has 2 rings (SSSR count). The Morgan fingerprint density at radius 3 is 2.43 bits per heavy atom. The van der Waals surface area contributed by atoms with Crippen molar-refractivity contribution in [3.05, 3.63) is 59.9 Å². The molecule has 0 bridgehead atoms. The van der Waals surface area contributed by atoms with Crippen LogP contribution in [-0.2, 0) is 16.4 Å². The quantitative estimate of drug-likeness (QED) is 0.844. The summed E-state index contributed by atoms with van der Waals surface area (Å²) in [5, 5.41) is 0. The molecule has 2 aromatic rings. The maximum atomic E-state index is 13.4. The van der Waals surface area contributed by atoms with E-state index in [1.54, 1.807) is 25.1 Å². The highest BCUT2D eigenvalue weighted by molar-refractivity contribution is 7.92. The lowest BCUT2D eigenvalue weighted by Gasteiger charge is -2.18. The number of anilines is 2. The molecule has 0 radical (unpaired) electrons. The van der Waals surface area contributed by atoms with E-state index in [0.29, 0.717) is 18.5 Å². The number of aryl methyl sites for hydroxylation is 1. The van der Waals surface area contributed by atoms with E-state index in [-0.39, 0.29) is 11.4 Å². The average molecular weight is 336 g/mol. The van der Waals surface area contributed by atoms with Gasteiger partial charge in [-0.15, -0.1) is 0 Å². The molecule has 124 valence electrons. The second-order valence-corrected chi connectivity index (χ2v) is 7.41. The molecule has 0 atom stereocenters. The van der Waals surface area contributed by atoms with Crippen LogP contribution in [0.15, 0.2) is 48.5 Å². The molecule has 0 fully saturated rings. The summed E-state index contributed by atoms with van der Waals surface area (Å²) in [6.45, 7) is 0. The monoisotopic (exact) mass is 336 g/mol. The molecule has 0 aromatic heterocycles. The Kier molecular flexibility index (Phi) is 5.60. The van der Waals surface area contributed by atoms with E-state index >= 15 is 0 Å². The van der Waals surface area contributed by atoms with Gasteiger partial charge in [-0.1, -0.05) is 30.3 Å². The summed E-state index contributed by atoms with van der Waals surface area (Å²) < 4.78 is 40.3. The van der Waals surface area contributed by atoms with Crippen molar-refractivity contribution in [3.63, 3.8) is 0 Å². The van der Waals surface area contributed by atoms with Crippen LogP contribution in [0.3, 0.4) is 0 Å². The zero-order valence-corrected chi connectivity index (χ0v) is 14.1. The molecule has 23 heavy (non-hydrogen) atoms. The number of hydrogen-bond acceptors (Lipinski definition) is 3. The molecule has 2 aromatic carbocycles. The van der Waals surface area contributed by atoms with E-state index in [1.807, 2.05) is 30.3 Å². The third kappa shape index (κ3) is 5.25. The minimum atomic E-state index is -3.52. The van der Waals surface area contributed by atoms with Crippen molar-refractivity contribution < 1.29 is 12.8 Å². The highest BCUT2D eigenvalue weighted by Crippen LogP contribution is 2.26. The van der Waals surface area contributed by atoms with Gasteiger partial charge in [-0.05, 0) is 30.5 Å². The van der Waals surface area contributed by atoms with Crippen molar-refractivity contribution in [2.75, 3.05) is 29.5 Å². The van der Waals surface area contributed by atoms with Crippen LogP contribution in [0.2, 0.25) is 0 Å². The fourth-order valence-electron chi connectivity index (χ4n) is 2.31.